The molecule has 1 aliphatic rings. The number of carbonyl (C=O) groups excluding carboxylic acids is 1. The van der Waals surface area contributed by atoms with Crippen LogP contribution < -0.4 is 0 Å². The molecule has 0 aliphatic heterocycles. The molecule has 1 fully saturated rings. The molecule has 19 heavy (non-hydrogen) atoms. The second kappa shape index (κ2) is 6.12. The zero-order valence-corrected chi connectivity index (χ0v) is 11.8. The first-order chi connectivity index (χ1) is 9.17. The van der Waals surface area contributed by atoms with Crippen molar-refractivity contribution in [3.05, 3.63) is 35.4 Å². The fourth-order valence-electron chi connectivity index (χ4n) is 2.04. The molecule has 100 valence electrons. The molecule has 0 spiro atoms. The minimum atomic E-state index is -0.107. The van der Waals surface area contributed by atoms with Gasteiger partial charge >= 0.3 is 5.97 Å². The summed E-state index contributed by atoms with van der Waals surface area (Å²) in [4.78, 5) is 11.3. The quantitative estimate of drug-likeness (QED) is 0.748. The van der Waals surface area contributed by atoms with E-state index >= 15 is 0 Å². The van der Waals surface area contributed by atoms with Gasteiger partial charge in [-0.3, -0.25) is 4.79 Å². The number of hydrogen-bond acceptors (Lipinski definition) is 4. The van der Waals surface area contributed by atoms with Gasteiger partial charge in [0.2, 0.25) is 0 Å². The van der Waals surface area contributed by atoms with Gasteiger partial charge in [-0.2, -0.15) is 17.0 Å². The van der Waals surface area contributed by atoms with E-state index in [0.29, 0.717) is 12.0 Å². The summed E-state index contributed by atoms with van der Waals surface area (Å²) in [7, 11) is 1.44. The maximum atomic E-state index is 11.3. The summed E-state index contributed by atoms with van der Waals surface area (Å²) >= 11 is 1.83. The van der Waals surface area contributed by atoms with Gasteiger partial charge in [0.15, 0.2) is 0 Å². The van der Waals surface area contributed by atoms with Crippen molar-refractivity contribution in [2.75, 3.05) is 12.9 Å². The molecule has 1 saturated carbocycles. The van der Waals surface area contributed by atoms with Crippen molar-refractivity contribution < 1.29 is 9.53 Å². The minimum Gasteiger partial charge on any atom is -0.469 e. The van der Waals surface area contributed by atoms with Gasteiger partial charge in [0, 0.05) is 5.75 Å². The summed E-state index contributed by atoms with van der Waals surface area (Å²) in [6, 6.07) is 9.83. The second-order valence-electron chi connectivity index (χ2n) is 5.06. The van der Waals surface area contributed by atoms with Gasteiger partial charge in [0.1, 0.15) is 0 Å². The number of methoxy groups -OCH3 is 1. The number of ether oxygens (including phenoxy) is 1. The molecule has 0 bridgehead atoms. The predicted molar refractivity (Wildman–Crippen MR) is 75.6 cm³/mol. The van der Waals surface area contributed by atoms with Crippen LogP contribution in [0.15, 0.2) is 24.3 Å². The molecule has 0 N–H and O–H groups in total. The topological polar surface area (TPSA) is 50.1 Å². The lowest BCUT2D eigenvalue weighted by atomic mass is 10.1. The van der Waals surface area contributed by atoms with Crippen molar-refractivity contribution in [1.29, 1.82) is 5.26 Å². The fraction of sp³-hybridized carbons (Fsp3) is 0.467. The lowest BCUT2D eigenvalue weighted by Crippen LogP contribution is -2.13. The van der Waals surface area contributed by atoms with Crippen molar-refractivity contribution >= 4 is 17.7 Å². The third-order valence-electron chi connectivity index (χ3n) is 3.44. The van der Waals surface area contributed by atoms with Gasteiger partial charge in [0.25, 0.3) is 0 Å². The van der Waals surface area contributed by atoms with E-state index in [1.54, 1.807) is 0 Å². The van der Waals surface area contributed by atoms with Gasteiger partial charge in [-0.05, 0) is 41.7 Å². The smallest absolute Gasteiger partial charge is 0.306 e. The summed E-state index contributed by atoms with van der Waals surface area (Å²) in [6.45, 7) is 0. The SMILES string of the molecule is COC(=O)CC1(CSCc2cccc(C#N)c2)CC1. The summed E-state index contributed by atoms with van der Waals surface area (Å²) in [5.41, 5.74) is 2.04. The largest absolute Gasteiger partial charge is 0.469 e. The molecule has 1 aromatic carbocycles. The Hall–Kier alpha value is -1.47. The van der Waals surface area contributed by atoms with E-state index in [0.717, 1.165) is 29.9 Å². The van der Waals surface area contributed by atoms with Gasteiger partial charge < -0.3 is 4.74 Å². The maximum absolute atomic E-state index is 11.3. The molecule has 1 aromatic rings. The zero-order valence-electron chi connectivity index (χ0n) is 11.0. The van der Waals surface area contributed by atoms with Crippen LogP contribution in [0.5, 0.6) is 0 Å². The first-order valence-electron chi connectivity index (χ1n) is 6.31. The minimum absolute atomic E-state index is 0.107. The molecule has 0 saturated heterocycles. The molecule has 4 heteroatoms. The molecule has 0 atom stereocenters. The van der Waals surface area contributed by atoms with Crippen LogP contribution in [0, 0.1) is 16.7 Å². The molecule has 0 amide bonds. The Balaban J connectivity index is 1.80. The number of hydrogen-bond donors (Lipinski definition) is 0. The highest BCUT2D eigenvalue weighted by atomic mass is 32.2. The first kappa shape index (κ1) is 14.0. The van der Waals surface area contributed by atoms with E-state index in [1.807, 2.05) is 36.0 Å². The summed E-state index contributed by atoms with van der Waals surface area (Å²) in [5, 5.41) is 8.84. The van der Waals surface area contributed by atoms with Crippen LogP contribution in [-0.4, -0.2) is 18.8 Å². The highest BCUT2D eigenvalue weighted by molar-refractivity contribution is 7.98. The molecular formula is C15H17NO2S. The van der Waals surface area contributed by atoms with Gasteiger partial charge in [-0.25, -0.2) is 0 Å². The number of thioether (sulfide) groups is 1. The number of rotatable bonds is 6. The molecule has 0 unspecified atom stereocenters. The Labute approximate surface area is 118 Å². The third kappa shape index (κ3) is 4.00. The van der Waals surface area contributed by atoms with Crippen molar-refractivity contribution in [3.63, 3.8) is 0 Å². The van der Waals surface area contributed by atoms with Crippen molar-refractivity contribution in [2.45, 2.75) is 25.0 Å². The normalized spacial score (nSPS) is 15.6. The van der Waals surface area contributed by atoms with E-state index < -0.39 is 0 Å². The average Bonchev–Trinajstić information content (AvgIpc) is 3.18. The van der Waals surface area contributed by atoms with Gasteiger partial charge in [0.05, 0.1) is 25.2 Å². The fourth-order valence-corrected chi connectivity index (χ4v) is 3.38. The van der Waals surface area contributed by atoms with Crippen LogP contribution in [0.2, 0.25) is 0 Å². The molecule has 0 heterocycles. The van der Waals surface area contributed by atoms with E-state index in [1.165, 1.54) is 7.11 Å². The second-order valence-corrected chi connectivity index (χ2v) is 6.04. The van der Waals surface area contributed by atoms with Crippen LogP contribution in [0.1, 0.15) is 30.4 Å². The lowest BCUT2D eigenvalue weighted by molar-refractivity contribution is -0.141. The average molecular weight is 275 g/mol. The van der Waals surface area contributed by atoms with Crippen molar-refractivity contribution in [2.24, 2.45) is 5.41 Å². The number of carbonyl (C=O) groups is 1. The van der Waals surface area contributed by atoms with Crippen molar-refractivity contribution in [3.8, 4) is 6.07 Å². The Morgan fingerprint density at radius 1 is 1.53 bits per heavy atom. The Kier molecular flexibility index (Phi) is 4.49. The Morgan fingerprint density at radius 3 is 2.95 bits per heavy atom. The van der Waals surface area contributed by atoms with Crippen LogP contribution in [0.25, 0.3) is 0 Å². The van der Waals surface area contributed by atoms with E-state index in [2.05, 4.69) is 6.07 Å². The summed E-state index contributed by atoms with van der Waals surface area (Å²) in [5.74, 6) is 1.77. The molecule has 0 radical (unpaired) electrons. The van der Waals surface area contributed by atoms with E-state index in [4.69, 9.17) is 10.00 Å². The molecule has 2 rings (SSSR count). The predicted octanol–water partition coefficient (Wildman–Crippen LogP) is 3.13. The third-order valence-corrected chi connectivity index (χ3v) is 4.79. The summed E-state index contributed by atoms with van der Waals surface area (Å²) < 4.78 is 4.74. The van der Waals surface area contributed by atoms with Crippen molar-refractivity contribution in [1.82, 2.24) is 0 Å². The van der Waals surface area contributed by atoms with Gasteiger partial charge in [-0.15, -0.1) is 0 Å². The number of esters is 1. The monoisotopic (exact) mass is 275 g/mol. The molecule has 0 aromatic heterocycles. The van der Waals surface area contributed by atoms with Crippen LogP contribution in [0.3, 0.4) is 0 Å². The Bertz CT molecular complexity index is 503. The van der Waals surface area contributed by atoms with Crippen LogP contribution >= 0.6 is 11.8 Å². The first-order valence-corrected chi connectivity index (χ1v) is 7.46. The molecule has 1 aliphatic carbocycles. The summed E-state index contributed by atoms with van der Waals surface area (Å²) in [6.07, 6.45) is 2.77. The molecular weight excluding hydrogens is 258 g/mol. The Morgan fingerprint density at radius 2 is 2.32 bits per heavy atom. The van der Waals surface area contributed by atoms with Gasteiger partial charge in [-0.1, -0.05) is 12.1 Å². The highest BCUT2D eigenvalue weighted by Gasteiger charge is 2.44. The highest BCUT2D eigenvalue weighted by Crippen LogP contribution is 2.51. The maximum Gasteiger partial charge on any atom is 0.306 e. The lowest BCUT2D eigenvalue weighted by Gasteiger charge is -2.13. The number of benzene rings is 1. The zero-order chi connectivity index (χ0) is 13.7. The van der Waals surface area contributed by atoms with Crippen LogP contribution in [-0.2, 0) is 15.3 Å². The van der Waals surface area contributed by atoms with E-state index in [9.17, 15) is 4.79 Å². The molecule has 3 nitrogen and oxygen atoms in total. The van der Waals surface area contributed by atoms with Crippen LogP contribution in [0.4, 0.5) is 0 Å². The standard InChI is InChI=1S/C15H17NO2S/c1-18-14(17)8-15(5-6-15)11-19-10-13-4-2-3-12(7-13)9-16/h2-4,7H,5-6,8,10-11H2,1H3. The number of nitriles is 1. The number of nitrogens with zero attached hydrogens (tertiary/aromatic N) is 1. The van der Waals surface area contributed by atoms with E-state index in [-0.39, 0.29) is 11.4 Å².